The van der Waals surface area contributed by atoms with Gasteiger partial charge < -0.3 is 4.90 Å². The summed E-state index contributed by atoms with van der Waals surface area (Å²) in [6.45, 7) is 6.37. The summed E-state index contributed by atoms with van der Waals surface area (Å²) in [6, 6.07) is 7.46. The molecule has 0 spiro atoms. The van der Waals surface area contributed by atoms with E-state index in [-0.39, 0.29) is 6.54 Å². The Bertz CT molecular complexity index is 1180. The zero-order valence-corrected chi connectivity index (χ0v) is 18.7. The van der Waals surface area contributed by atoms with Crippen molar-refractivity contribution in [1.82, 2.24) is 4.90 Å². The van der Waals surface area contributed by atoms with Crippen LogP contribution in [0.1, 0.15) is 44.7 Å². The molecule has 1 aromatic rings. The van der Waals surface area contributed by atoms with Crippen molar-refractivity contribution in [1.29, 1.82) is 5.26 Å². The fourth-order valence-corrected chi connectivity index (χ4v) is 5.03. The summed E-state index contributed by atoms with van der Waals surface area (Å²) in [5.74, 6) is -2.23. The summed E-state index contributed by atoms with van der Waals surface area (Å²) in [7, 11) is 0. The number of carbonyl (C=O) groups excluding carboxylic acids is 2. The Morgan fingerprint density at radius 1 is 1.18 bits per heavy atom. The van der Waals surface area contributed by atoms with Gasteiger partial charge in [0.25, 0.3) is 11.8 Å². The van der Waals surface area contributed by atoms with Gasteiger partial charge in [-0.1, -0.05) is 39.0 Å². The number of hydrogen-bond donors (Lipinski definition) is 0. The Balaban J connectivity index is 1.91. The second-order valence-electron chi connectivity index (χ2n) is 8.95. The van der Waals surface area contributed by atoms with E-state index in [9.17, 15) is 28.0 Å². The van der Waals surface area contributed by atoms with Crippen molar-refractivity contribution >= 4 is 17.5 Å². The second kappa shape index (κ2) is 7.91. The first-order valence-electron chi connectivity index (χ1n) is 10.9. The van der Waals surface area contributed by atoms with Crippen LogP contribution in [0.25, 0.3) is 0 Å². The number of alkyl halides is 3. The fraction of sp³-hybridized carbons (Fsp3) is 0.400. The maximum absolute atomic E-state index is 14.0. The molecule has 0 unspecified atom stereocenters. The van der Waals surface area contributed by atoms with E-state index in [1.165, 1.54) is 11.6 Å². The van der Waals surface area contributed by atoms with Crippen molar-refractivity contribution in [3.05, 3.63) is 63.9 Å². The Morgan fingerprint density at radius 3 is 2.55 bits per heavy atom. The third-order valence-corrected chi connectivity index (χ3v) is 6.53. The molecule has 0 atom stereocenters. The molecule has 0 fully saturated rings. The van der Waals surface area contributed by atoms with E-state index in [1.807, 2.05) is 26.0 Å². The number of nitriles is 1. The van der Waals surface area contributed by atoms with Gasteiger partial charge in [-0.3, -0.25) is 14.5 Å². The lowest BCUT2D eigenvalue weighted by Gasteiger charge is -2.31. The molecule has 0 bridgehead atoms. The van der Waals surface area contributed by atoms with Crippen LogP contribution in [0.4, 0.5) is 18.9 Å². The van der Waals surface area contributed by atoms with Gasteiger partial charge in [0.2, 0.25) is 0 Å². The van der Waals surface area contributed by atoms with Crippen molar-refractivity contribution in [3.8, 4) is 6.07 Å². The topological polar surface area (TPSA) is 64.4 Å². The van der Waals surface area contributed by atoms with E-state index in [2.05, 4.69) is 11.0 Å². The van der Waals surface area contributed by atoms with Crippen LogP contribution in [0, 0.1) is 11.3 Å². The van der Waals surface area contributed by atoms with Gasteiger partial charge in [0.05, 0.1) is 11.1 Å². The number of imide groups is 1. The monoisotopic (exact) mass is 455 g/mol. The lowest BCUT2D eigenvalue weighted by molar-refractivity contribution is -0.143. The molecule has 172 valence electrons. The van der Waals surface area contributed by atoms with Gasteiger partial charge in [-0.25, -0.2) is 0 Å². The molecule has 0 aromatic heterocycles. The van der Waals surface area contributed by atoms with Gasteiger partial charge in [-0.05, 0) is 42.5 Å². The molecule has 5 nitrogen and oxygen atoms in total. The number of nitrogens with zero attached hydrogens (tertiary/aromatic N) is 3. The first-order valence-corrected chi connectivity index (χ1v) is 10.9. The van der Waals surface area contributed by atoms with Crippen molar-refractivity contribution in [2.45, 2.75) is 51.6 Å². The van der Waals surface area contributed by atoms with Gasteiger partial charge in [-0.15, -0.1) is 0 Å². The second-order valence-corrected chi connectivity index (χ2v) is 8.95. The standard InChI is InChI=1S/C25H24F3N3O2/c1-4-12-31-22(32)16(20(25(26,27)28)17(14-29)23(31)33)10-11-19-24(2,3)18-9-5-7-15-8-6-13-30(19)21(15)18/h5,7,9-11H,4,6,8,12-13H2,1-3H3/b16-10-,19-11+. The third-order valence-electron chi connectivity index (χ3n) is 6.53. The van der Waals surface area contributed by atoms with Crippen molar-refractivity contribution < 1.29 is 22.8 Å². The Labute approximate surface area is 190 Å². The number of allylic oxidation sites excluding steroid dienone is 3. The molecule has 4 rings (SSSR count). The number of para-hydroxylation sites is 1. The number of halogens is 3. The minimum absolute atomic E-state index is 0.0612. The Kier molecular flexibility index (Phi) is 5.47. The van der Waals surface area contributed by atoms with Gasteiger partial charge in [-0.2, -0.15) is 18.4 Å². The van der Waals surface area contributed by atoms with Crippen LogP contribution in [0.3, 0.4) is 0 Å². The van der Waals surface area contributed by atoms with Crippen LogP contribution in [0.2, 0.25) is 0 Å². The lowest BCUT2D eigenvalue weighted by Crippen LogP contribution is -2.45. The summed E-state index contributed by atoms with van der Waals surface area (Å²) in [5, 5.41) is 9.37. The SMILES string of the molecule is CCCN1C(=O)C(C#N)=C(C(F)(F)F)/C(=C/C=C2/N3CCCc4cccc(c43)C2(C)C)C1=O. The van der Waals surface area contributed by atoms with E-state index >= 15 is 0 Å². The minimum Gasteiger partial charge on any atom is -0.344 e. The van der Waals surface area contributed by atoms with E-state index < -0.39 is 40.1 Å². The minimum atomic E-state index is -5.02. The molecule has 0 N–H and O–H groups in total. The van der Waals surface area contributed by atoms with Gasteiger partial charge >= 0.3 is 6.18 Å². The summed E-state index contributed by atoms with van der Waals surface area (Å²) in [5.41, 5.74) is 0.480. The highest BCUT2D eigenvalue weighted by molar-refractivity contribution is 6.18. The van der Waals surface area contributed by atoms with E-state index in [0.29, 0.717) is 6.42 Å². The van der Waals surface area contributed by atoms with Gasteiger partial charge in [0.1, 0.15) is 11.6 Å². The predicted molar refractivity (Wildman–Crippen MR) is 117 cm³/mol. The van der Waals surface area contributed by atoms with Crippen LogP contribution in [-0.2, 0) is 21.4 Å². The molecular formula is C25H24F3N3O2. The van der Waals surface area contributed by atoms with E-state index in [4.69, 9.17) is 0 Å². The summed E-state index contributed by atoms with van der Waals surface area (Å²) >= 11 is 0. The maximum Gasteiger partial charge on any atom is 0.418 e. The molecule has 0 radical (unpaired) electrons. The number of rotatable bonds is 3. The maximum atomic E-state index is 14.0. The Morgan fingerprint density at radius 2 is 1.91 bits per heavy atom. The molecule has 33 heavy (non-hydrogen) atoms. The lowest BCUT2D eigenvalue weighted by atomic mass is 9.82. The quantitative estimate of drug-likeness (QED) is 0.490. The molecular weight excluding hydrogens is 431 g/mol. The highest BCUT2D eigenvalue weighted by atomic mass is 19.4. The first-order chi connectivity index (χ1) is 15.5. The summed E-state index contributed by atoms with van der Waals surface area (Å²) in [4.78, 5) is 28.3. The van der Waals surface area contributed by atoms with Crippen LogP contribution < -0.4 is 4.90 Å². The van der Waals surface area contributed by atoms with Crippen LogP contribution in [0.15, 0.2) is 52.8 Å². The molecule has 3 aliphatic rings. The molecule has 3 aliphatic heterocycles. The molecule has 8 heteroatoms. The average Bonchev–Trinajstić information content (AvgIpc) is 2.98. The van der Waals surface area contributed by atoms with Crippen LogP contribution in [-0.4, -0.2) is 36.0 Å². The van der Waals surface area contributed by atoms with Crippen LogP contribution in [0.5, 0.6) is 0 Å². The number of carbonyl (C=O) groups is 2. The molecule has 2 amide bonds. The fourth-order valence-electron chi connectivity index (χ4n) is 5.03. The van der Waals surface area contributed by atoms with Gasteiger partial charge in [0, 0.05) is 29.9 Å². The molecule has 1 aromatic carbocycles. The smallest absolute Gasteiger partial charge is 0.344 e. The molecule has 0 aliphatic carbocycles. The first kappa shape index (κ1) is 22.8. The number of aryl methyl sites for hydroxylation is 1. The third kappa shape index (κ3) is 3.47. The summed E-state index contributed by atoms with van der Waals surface area (Å²) < 4.78 is 41.9. The van der Waals surface area contributed by atoms with Crippen LogP contribution >= 0.6 is 0 Å². The highest BCUT2D eigenvalue weighted by Crippen LogP contribution is 2.51. The molecule has 0 saturated heterocycles. The van der Waals surface area contributed by atoms with Crippen molar-refractivity contribution in [2.24, 2.45) is 0 Å². The Hall–Kier alpha value is -3.34. The van der Waals surface area contributed by atoms with Crippen molar-refractivity contribution in [2.75, 3.05) is 18.0 Å². The van der Waals surface area contributed by atoms with E-state index in [0.717, 1.165) is 47.3 Å². The number of hydrogen-bond acceptors (Lipinski definition) is 4. The normalized spacial score (nSPS) is 22.3. The largest absolute Gasteiger partial charge is 0.418 e. The number of amides is 2. The zero-order chi connectivity index (χ0) is 24.1. The highest BCUT2D eigenvalue weighted by Gasteiger charge is 2.49. The number of benzene rings is 1. The summed E-state index contributed by atoms with van der Waals surface area (Å²) in [6.07, 6.45) is -0.137. The molecule has 3 heterocycles. The zero-order valence-electron chi connectivity index (χ0n) is 18.7. The van der Waals surface area contributed by atoms with Gasteiger partial charge in [0.15, 0.2) is 0 Å². The molecule has 0 saturated carbocycles. The van der Waals surface area contributed by atoms with E-state index in [1.54, 1.807) is 13.0 Å². The predicted octanol–water partition coefficient (Wildman–Crippen LogP) is 4.70. The average molecular weight is 455 g/mol. The number of anilines is 1. The van der Waals surface area contributed by atoms with Crippen molar-refractivity contribution in [3.63, 3.8) is 0 Å².